The van der Waals surface area contributed by atoms with E-state index in [1.807, 2.05) is 19.1 Å². The number of hydrogen-bond donors (Lipinski definition) is 3. The van der Waals surface area contributed by atoms with Gasteiger partial charge >= 0.3 is 0 Å². The number of ether oxygens (including phenoxy) is 1. The van der Waals surface area contributed by atoms with Crippen LogP contribution in [0.15, 0.2) is 30.3 Å². The van der Waals surface area contributed by atoms with Crippen LogP contribution in [0.4, 0.5) is 23.0 Å². The number of aromatic nitrogens is 1. The van der Waals surface area contributed by atoms with Gasteiger partial charge in [-0.3, -0.25) is 18.7 Å². The third-order valence-corrected chi connectivity index (χ3v) is 11.6. The van der Waals surface area contributed by atoms with E-state index in [2.05, 4.69) is 10.2 Å². The zero-order valence-electron chi connectivity index (χ0n) is 22.7. The van der Waals surface area contributed by atoms with E-state index in [4.69, 9.17) is 9.72 Å². The van der Waals surface area contributed by atoms with E-state index < -0.39 is 15.3 Å². The molecule has 4 aliphatic rings. The van der Waals surface area contributed by atoms with Crippen LogP contribution in [-0.2, 0) is 4.79 Å². The molecule has 10 nitrogen and oxygen atoms in total. The Morgan fingerprint density at radius 3 is 2.54 bits per heavy atom. The van der Waals surface area contributed by atoms with E-state index in [-0.39, 0.29) is 23.9 Å². The van der Waals surface area contributed by atoms with Crippen LogP contribution in [0.25, 0.3) is 0 Å². The number of pyridine rings is 1. The smallest absolute Gasteiger partial charge is 0.254 e. The minimum absolute atomic E-state index is 0.0769. The summed E-state index contributed by atoms with van der Waals surface area (Å²) in [5.74, 6) is 2.30. The molecular formula is C28H37N5O5S. The van der Waals surface area contributed by atoms with Gasteiger partial charge in [0.05, 0.1) is 23.2 Å². The lowest BCUT2D eigenvalue weighted by molar-refractivity contribution is -0.119. The number of nitrogens with one attached hydrogen (secondary N) is 1. The molecule has 39 heavy (non-hydrogen) atoms. The van der Waals surface area contributed by atoms with E-state index >= 15 is 0 Å². The van der Waals surface area contributed by atoms with Crippen molar-refractivity contribution in [1.82, 2.24) is 9.88 Å². The largest absolute Gasteiger partial charge is 0.495 e. The van der Waals surface area contributed by atoms with E-state index in [0.717, 1.165) is 43.6 Å². The summed E-state index contributed by atoms with van der Waals surface area (Å²) in [6.45, 7) is 2.72. The first kappa shape index (κ1) is 26.2. The molecule has 3 aliphatic heterocycles. The van der Waals surface area contributed by atoms with Crippen molar-refractivity contribution in [2.45, 2.75) is 62.3 Å². The van der Waals surface area contributed by atoms with Crippen molar-refractivity contribution < 1.29 is 23.4 Å². The van der Waals surface area contributed by atoms with Gasteiger partial charge < -0.3 is 24.8 Å². The van der Waals surface area contributed by atoms with Crippen LogP contribution in [0.3, 0.4) is 0 Å². The summed E-state index contributed by atoms with van der Waals surface area (Å²) in [5.41, 5.74) is 1.96. The standard InChI is InChI=1S/C28H37N5O5S/c1-18-26(34)31(2)22-11-12-24(30-25(22)33(18)20-7-5-4-6-8-20)29-21-10-9-19(15-23(21)38-3)27(35)32-16-28(17-32)13-14-39(28,36)37/h9-12,15,18,20,36-37H,4-8,13-14,16-17H2,1-3H3,(H,29,30)/t18-/m1/s1. The van der Waals surface area contributed by atoms with Gasteiger partial charge in [0.1, 0.15) is 17.6 Å². The van der Waals surface area contributed by atoms with E-state index in [1.165, 1.54) is 6.42 Å². The molecule has 0 radical (unpaired) electrons. The average Bonchev–Trinajstić information content (AvgIpc) is 2.91. The minimum Gasteiger partial charge on any atom is -0.495 e. The zero-order chi connectivity index (χ0) is 27.5. The first-order valence-corrected chi connectivity index (χ1v) is 15.4. The summed E-state index contributed by atoms with van der Waals surface area (Å²) in [7, 11) is 0.786. The van der Waals surface area contributed by atoms with Crippen molar-refractivity contribution in [2.24, 2.45) is 0 Å². The normalized spacial score (nSPS) is 24.5. The molecule has 1 saturated carbocycles. The second-order valence-corrected chi connectivity index (χ2v) is 13.9. The number of methoxy groups -OCH3 is 1. The summed E-state index contributed by atoms with van der Waals surface area (Å²) < 4.78 is 25.4. The molecule has 0 unspecified atom stereocenters. The maximum Gasteiger partial charge on any atom is 0.254 e. The minimum atomic E-state index is -2.58. The van der Waals surface area contributed by atoms with Crippen molar-refractivity contribution in [3.05, 3.63) is 35.9 Å². The van der Waals surface area contributed by atoms with Crippen molar-refractivity contribution in [3.8, 4) is 5.75 Å². The average molecular weight is 556 g/mol. The van der Waals surface area contributed by atoms with E-state index in [0.29, 0.717) is 41.7 Å². The summed E-state index contributed by atoms with van der Waals surface area (Å²) in [6.07, 6.45) is 6.42. The molecule has 0 bridgehead atoms. The highest BCUT2D eigenvalue weighted by Gasteiger charge is 2.60. The molecule has 210 valence electrons. The molecule has 2 saturated heterocycles. The first-order valence-electron chi connectivity index (χ1n) is 13.7. The van der Waals surface area contributed by atoms with Crippen LogP contribution in [0.2, 0.25) is 0 Å². The van der Waals surface area contributed by atoms with Gasteiger partial charge in [0.15, 0.2) is 5.82 Å². The lowest BCUT2D eigenvalue weighted by atomic mass is 9.92. The summed E-state index contributed by atoms with van der Waals surface area (Å²) >= 11 is 0. The fourth-order valence-electron chi connectivity index (χ4n) is 6.49. The predicted molar refractivity (Wildman–Crippen MR) is 154 cm³/mol. The van der Waals surface area contributed by atoms with Gasteiger partial charge in [0, 0.05) is 37.5 Å². The number of carbonyl (C=O) groups excluding carboxylic acids is 2. The number of amides is 2. The van der Waals surface area contributed by atoms with Gasteiger partial charge in [0.25, 0.3) is 5.91 Å². The zero-order valence-corrected chi connectivity index (χ0v) is 23.5. The maximum atomic E-state index is 13.1. The fraction of sp³-hybridized carbons (Fsp3) is 0.536. The molecule has 2 amide bonds. The quantitative estimate of drug-likeness (QED) is 0.487. The Bertz CT molecular complexity index is 1310. The number of hydrogen-bond acceptors (Lipinski definition) is 8. The van der Waals surface area contributed by atoms with E-state index in [1.54, 1.807) is 42.2 Å². The third-order valence-electron chi connectivity index (χ3n) is 9.03. The Labute approximate surface area is 230 Å². The number of nitrogens with zero attached hydrogens (tertiary/aromatic N) is 4. The summed E-state index contributed by atoms with van der Waals surface area (Å²) in [4.78, 5) is 36.6. The second kappa shape index (κ2) is 9.57. The molecule has 4 heterocycles. The van der Waals surface area contributed by atoms with Gasteiger partial charge in [-0.15, -0.1) is 0 Å². The van der Waals surface area contributed by atoms with E-state index in [9.17, 15) is 18.7 Å². The predicted octanol–water partition coefficient (Wildman–Crippen LogP) is 4.69. The van der Waals surface area contributed by atoms with Gasteiger partial charge in [-0.1, -0.05) is 19.3 Å². The molecule has 1 aliphatic carbocycles. The van der Waals surface area contributed by atoms with Gasteiger partial charge in [-0.25, -0.2) is 4.98 Å². The molecule has 6 rings (SSSR count). The topological polar surface area (TPSA) is 118 Å². The molecule has 2 aromatic rings. The molecule has 3 fully saturated rings. The summed E-state index contributed by atoms with van der Waals surface area (Å²) in [5, 5.41) is 3.35. The van der Waals surface area contributed by atoms with Crippen LogP contribution >= 0.6 is 10.6 Å². The molecule has 11 heteroatoms. The second-order valence-electron chi connectivity index (χ2n) is 11.3. The van der Waals surface area contributed by atoms with Crippen molar-refractivity contribution in [3.63, 3.8) is 0 Å². The van der Waals surface area contributed by atoms with Gasteiger partial charge in [-0.2, -0.15) is 10.6 Å². The lowest BCUT2D eigenvalue weighted by Crippen LogP contribution is -2.70. The Morgan fingerprint density at radius 2 is 1.90 bits per heavy atom. The van der Waals surface area contributed by atoms with Gasteiger partial charge in [-0.05, 0) is 56.5 Å². The monoisotopic (exact) mass is 555 g/mol. The first-order chi connectivity index (χ1) is 18.6. The number of carbonyl (C=O) groups is 2. The van der Waals surface area contributed by atoms with Crippen LogP contribution < -0.4 is 19.9 Å². The number of rotatable bonds is 5. The highest BCUT2D eigenvalue weighted by atomic mass is 32.3. The molecule has 1 spiro atoms. The Hall–Kier alpha value is -3.02. The molecule has 3 N–H and O–H groups in total. The number of benzene rings is 1. The van der Waals surface area contributed by atoms with Crippen molar-refractivity contribution in [1.29, 1.82) is 0 Å². The number of likely N-dealkylation sites (N-methyl/N-ethyl adjacent to an activating group) is 1. The molecule has 1 aromatic carbocycles. The van der Waals surface area contributed by atoms with Crippen LogP contribution in [-0.4, -0.2) is 80.6 Å². The summed E-state index contributed by atoms with van der Waals surface area (Å²) in [6, 6.07) is 9.05. The third kappa shape index (κ3) is 4.22. The molecular weight excluding hydrogens is 518 g/mol. The van der Waals surface area contributed by atoms with Crippen LogP contribution in [0.5, 0.6) is 5.75 Å². The Morgan fingerprint density at radius 1 is 1.15 bits per heavy atom. The Kier molecular flexibility index (Phi) is 6.43. The highest BCUT2D eigenvalue weighted by Crippen LogP contribution is 2.67. The fourth-order valence-corrected chi connectivity index (χ4v) is 8.36. The van der Waals surface area contributed by atoms with Crippen LogP contribution in [0, 0.1) is 0 Å². The SMILES string of the molecule is COc1cc(C(=O)N2CC3(CCS3(O)O)C2)ccc1Nc1ccc2c(n1)N(C1CCCCC1)[C@H](C)C(=O)N2C. The van der Waals surface area contributed by atoms with Gasteiger partial charge in [0.2, 0.25) is 5.91 Å². The molecule has 1 atom stereocenters. The molecule has 1 aromatic heterocycles. The lowest BCUT2D eigenvalue weighted by Gasteiger charge is -2.67. The number of likely N-dealkylation sites (tertiary alicyclic amines) is 1. The highest BCUT2D eigenvalue weighted by molar-refractivity contribution is 8.26. The maximum absolute atomic E-state index is 13.1. The Balaban J connectivity index is 1.23. The van der Waals surface area contributed by atoms with Crippen molar-refractivity contribution in [2.75, 3.05) is 48.1 Å². The van der Waals surface area contributed by atoms with Crippen LogP contribution in [0.1, 0.15) is 55.8 Å². The van der Waals surface area contributed by atoms with Crippen molar-refractivity contribution >= 4 is 45.4 Å². The number of anilines is 4. The number of fused-ring (bicyclic) bond motifs is 1.